The molecular weight excluding hydrogens is 218 g/mol. The number of methoxy groups -OCH3 is 1. The highest BCUT2D eigenvalue weighted by atomic mass is 16.5. The van der Waals surface area contributed by atoms with E-state index in [2.05, 4.69) is 18.5 Å². The van der Waals surface area contributed by atoms with Crippen LogP contribution in [0.25, 0.3) is 0 Å². The van der Waals surface area contributed by atoms with Crippen molar-refractivity contribution >= 4 is 5.91 Å². The highest BCUT2D eigenvalue weighted by Crippen LogP contribution is 2.10. The molecule has 0 bridgehead atoms. The predicted octanol–water partition coefficient (Wildman–Crippen LogP) is 1.90. The van der Waals surface area contributed by atoms with Crippen LogP contribution in [0.15, 0.2) is 36.6 Å². The highest BCUT2D eigenvalue weighted by molar-refractivity contribution is 5.88. The summed E-state index contributed by atoms with van der Waals surface area (Å²) in [5.41, 5.74) is 0.576. The van der Waals surface area contributed by atoms with Crippen molar-refractivity contribution in [2.75, 3.05) is 13.7 Å². The third-order valence-corrected chi connectivity index (χ3v) is 2.52. The lowest BCUT2D eigenvalue weighted by molar-refractivity contribution is -0.122. The van der Waals surface area contributed by atoms with Crippen molar-refractivity contribution in [2.24, 2.45) is 0 Å². The molecule has 1 unspecified atom stereocenters. The van der Waals surface area contributed by atoms with E-state index in [1.807, 2.05) is 0 Å². The van der Waals surface area contributed by atoms with Crippen LogP contribution in [0.4, 0.5) is 0 Å². The van der Waals surface area contributed by atoms with Crippen molar-refractivity contribution in [1.82, 2.24) is 5.32 Å². The minimum atomic E-state index is -0.193. The fraction of sp³-hybridized carbons (Fsp3) is 0.462. The summed E-state index contributed by atoms with van der Waals surface area (Å²) in [4.78, 5) is 11.5. The number of nitrogens with one attached hydrogen (secondary N) is 1. The first kappa shape index (κ1) is 13.5. The van der Waals surface area contributed by atoms with Crippen LogP contribution in [0.2, 0.25) is 0 Å². The Hall–Kier alpha value is -1.55. The van der Waals surface area contributed by atoms with Gasteiger partial charge >= 0.3 is 0 Å². The Balaban J connectivity index is 2.35. The van der Waals surface area contributed by atoms with E-state index in [4.69, 9.17) is 9.47 Å². The Morgan fingerprint density at radius 2 is 2.18 bits per heavy atom. The molecule has 4 nitrogen and oxygen atoms in total. The molecule has 0 aromatic carbocycles. The van der Waals surface area contributed by atoms with Gasteiger partial charge in [0.1, 0.15) is 12.0 Å². The van der Waals surface area contributed by atoms with E-state index in [0.29, 0.717) is 17.9 Å². The molecule has 0 saturated carbocycles. The van der Waals surface area contributed by atoms with E-state index in [9.17, 15) is 4.79 Å². The molecule has 4 heteroatoms. The Kier molecular flexibility index (Phi) is 5.49. The van der Waals surface area contributed by atoms with Crippen LogP contribution in [0.1, 0.15) is 19.3 Å². The molecule has 1 aliphatic heterocycles. The van der Waals surface area contributed by atoms with Crippen molar-refractivity contribution in [3.05, 3.63) is 36.6 Å². The van der Waals surface area contributed by atoms with E-state index in [0.717, 1.165) is 19.3 Å². The fourth-order valence-corrected chi connectivity index (χ4v) is 1.46. The lowest BCUT2D eigenvalue weighted by Gasteiger charge is -2.22. The Bertz CT molecular complexity index is 328. The van der Waals surface area contributed by atoms with E-state index in [1.165, 1.54) is 13.2 Å². The van der Waals surface area contributed by atoms with Gasteiger partial charge in [-0.25, -0.2) is 0 Å². The van der Waals surface area contributed by atoms with Gasteiger partial charge in [-0.05, 0) is 25.3 Å². The fourth-order valence-electron chi connectivity index (χ4n) is 1.46. The number of ether oxygens (including phenoxy) is 2. The van der Waals surface area contributed by atoms with Crippen LogP contribution in [0.3, 0.4) is 0 Å². The molecule has 1 heterocycles. The molecule has 0 spiro atoms. The molecular formula is C13H19NO3. The molecule has 1 rings (SSSR count). The van der Waals surface area contributed by atoms with Crippen LogP contribution in [0.5, 0.6) is 0 Å². The zero-order valence-electron chi connectivity index (χ0n) is 10.2. The number of amides is 1. The molecule has 0 radical (unpaired) electrons. The predicted molar refractivity (Wildman–Crippen MR) is 66.2 cm³/mol. The summed E-state index contributed by atoms with van der Waals surface area (Å²) in [5, 5.41) is 2.77. The normalized spacial score (nSPS) is 19.9. The average Bonchev–Trinajstić information content (AvgIpc) is 2.36. The smallest absolute Gasteiger partial charge is 0.245 e. The molecule has 1 saturated heterocycles. The van der Waals surface area contributed by atoms with Crippen molar-refractivity contribution in [3.8, 4) is 0 Å². The van der Waals surface area contributed by atoms with Gasteiger partial charge < -0.3 is 14.8 Å². The zero-order chi connectivity index (χ0) is 12.7. The molecule has 1 aliphatic rings. The standard InChI is InChI=1S/C13H19NO3/c1-10(11(2)16-3)7-8-12(15)14-13-6-4-5-9-17-13/h7-8,13H,1-2,4-6,9H2,3H3,(H,14,15)/b8-7-. The van der Waals surface area contributed by atoms with Crippen molar-refractivity contribution < 1.29 is 14.3 Å². The van der Waals surface area contributed by atoms with Gasteiger partial charge in [-0.2, -0.15) is 0 Å². The first-order chi connectivity index (χ1) is 8.13. The van der Waals surface area contributed by atoms with Crippen LogP contribution >= 0.6 is 0 Å². The van der Waals surface area contributed by atoms with Gasteiger partial charge in [0.05, 0.1) is 7.11 Å². The number of hydrogen-bond donors (Lipinski definition) is 1. The maximum Gasteiger partial charge on any atom is 0.245 e. The number of hydrogen-bond acceptors (Lipinski definition) is 3. The SMILES string of the molecule is C=C(/C=C\C(=O)NC1CCCCO1)C(=C)OC. The first-order valence-corrected chi connectivity index (χ1v) is 5.66. The van der Waals surface area contributed by atoms with Gasteiger partial charge in [0.25, 0.3) is 0 Å². The quantitative estimate of drug-likeness (QED) is 0.451. The van der Waals surface area contributed by atoms with Crippen molar-refractivity contribution in [1.29, 1.82) is 0 Å². The molecule has 1 amide bonds. The van der Waals surface area contributed by atoms with Gasteiger partial charge in [0, 0.05) is 18.3 Å². The second-order valence-corrected chi connectivity index (χ2v) is 3.85. The van der Waals surface area contributed by atoms with Gasteiger partial charge in [-0.3, -0.25) is 4.79 Å². The minimum absolute atomic E-state index is 0.167. The van der Waals surface area contributed by atoms with Gasteiger partial charge in [-0.15, -0.1) is 0 Å². The number of carbonyl (C=O) groups is 1. The maximum absolute atomic E-state index is 11.5. The zero-order valence-corrected chi connectivity index (χ0v) is 10.2. The van der Waals surface area contributed by atoms with Gasteiger partial charge in [0.2, 0.25) is 5.91 Å². The van der Waals surface area contributed by atoms with E-state index >= 15 is 0 Å². The van der Waals surface area contributed by atoms with Crippen LogP contribution in [-0.2, 0) is 14.3 Å². The van der Waals surface area contributed by atoms with Gasteiger partial charge in [0.15, 0.2) is 0 Å². The molecule has 0 aromatic rings. The third-order valence-electron chi connectivity index (χ3n) is 2.52. The Morgan fingerprint density at radius 1 is 1.41 bits per heavy atom. The summed E-state index contributed by atoms with van der Waals surface area (Å²) >= 11 is 0. The highest BCUT2D eigenvalue weighted by Gasteiger charge is 2.14. The van der Waals surface area contributed by atoms with Crippen LogP contribution in [-0.4, -0.2) is 25.9 Å². The Labute approximate surface area is 102 Å². The summed E-state index contributed by atoms with van der Waals surface area (Å²) < 4.78 is 10.3. The maximum atomic E-state index is 11.5. The molecule has 0 aromatic heterocycles. The summed E-state index contributed by atoms with van der Waals surface area (Å²) in [6.07, 6.45) is 5.83. The second-order valence-electron chi connectivity index (χ2n) is 3.85. The van der Waals surface area contributed by atoms with E-state index in [1.54, 1.807) is 6.08 Å². The molecule has 1 fully saturated rings. The first-order valence-electron chi connectivity index (χ1n) is 5.66. The summed E-state index contributed by atoms with van der Waals surface area (Å²) in [6, 6.07) is 0. The third kappa shape index (κ3) is 4.87. The van der Waals surface area contributed by atoms with Crippen LogP contribution < -0.4 is 5.32 Å². The van der Waals surface area contributed by atoms with Gasteiger partial charge in [-0.1, -0.05) is 13.2 Å². The lowest BCUT2D eigenvalue weighted by atomic mass is 10.2. The lowest BCUT2D eigenvalue weighted by Crippen LogP contribution is -2.38. The topological polar surface area (TPSA) is 47.6 Å². The molecule has 17 heavy (non-hydrogen) atoms. The number of allylic oxidation sites excluding steroid dienone is 1. The van der Waals surface area contributed by atoms with Crippen LogP contribution in [0, 0.1) is 0 Å². The van der Waals surface area contributed by atoms with E-state index < -0.39 is 0 Å². The van der Waals surface area contributed by atoms with Crippen molar-refractivity contribution in [2.45, 2.75) is 25.5 Å². The number of carbonyl (C=O) groups excluding carboxylic acids is 1. The minimum Gasteiger partial charge on any atom is -0.497 e. The largest absolute Gasteiger partial charge is 0.497 e. The average molecular weight is 237 g/mol. The number of rotatable bonds is 5. The Morgan fingerprint density at radius 3 is 2.76 bits per heavy atom. The summed E-state index contributed by atoms with van der Waals surface area (Å²) in [5.74, 6) is 0.255. The summed E-state index contributed by atoms with van der Waals surface area (Å²) in [6.45, 7) is 8.07. The molecule has 1 N–H and O–H groups in total. The monoisotopic (exact) mass is 237 g/mol. The molecule has 1 atom stereocenters. The molecule has 0 aliphatic carbocycles. The second kappa shape index (κ2) is 6.91. The summed E-state index contributed by atoms with van der Waals surface area (Å²) in [7, 11) is 1.51. The van der Waals surface area contributed by atoms with E-state index in [-0.39, 0.29) is 12.1 Å². The molecule has 94 valence electrons. The van der Waals surface area contributed by atoms with Crippen molar-refractivity contribution in [3.63, 3.8) is 0 Å².